The van der Waals surface area contributed by atoms with Gasteiger partial charge in [-0.05, 0) is 24.0 Å². The maximum atomic E-state index is 4.69. The fourth-order valence-corrected chi connectivity index (χ4v) is 2.65. The first-order valence-electron chi connectivity index (χ1n) is 7.48. The molecule has 1 aliphatic rings. The lowest BCUT2D eigenvalue weighted by atomic mass is 10.0. The van der Waals surface area contributed by atoms with Crippen LogP contribution in [0.3, 0.4) is 0 Å². The molecule has 1 aliphatic heterocycles. The minimum atomic E-state index is 0.303. The molecule has 1 unspecified atom stereocenters. The Morgan fingerprint density at radius 2 is 2.05 bits per heavy atom. The molecule has 0 radical (unpaired) electrons. The van der Waals surface area contributed by atoms with E-state index in [0.717, 1.165) is 31.2 Å². The van der Waals surface area contributed by atoms with Gasteiger partial charge >= 0.3 is 0 Å². The van der Waals surface area contributed by atoms with E-state index >= 15 is 0 Å². The van der Waals surface area contributed by atoms with Crippen molar-refractivity contribution >= 4 is 5.95 Å². The molecule has 0 saturated heterocycles. The Kier molecular flexibility index (Phi) is 3.47. The molecule has 0 amide bonds. The number of hydrogen-bond acceptors (Lipinski definition) is 3. The number of aryl methyl sites for hydroxylation is 1. The van der Waals surface area contributed by atoms with Gasteiger partial charge in [0.1, 0.15) is 0 Å². The number of nitrogens with one attached hydrogen (secondary N) is 1. The van der Waals surface area contributed by atoms with Crippen LogP contribution in [0.2, 0.25) is 0 Å². The van der Waals surface area contributed by atoms with Crippen LogP contribution in [0.5, 0.6) is 0 Å². The zero-order chi connectivity index (χ0) is 14.1. The average molecular weight is 270 g/mol. The SMILES string of the molecule is CCc1ccc(C2CCNc3nc(C(C)C)nn32)cc1. The van der Waals surface area contributed by atoms with Gasteiger partial charge in [-0.15, -0.1) is 0 Å². The largest absolute Gasteiger partial charge is 0.354 e. The summed E-state index contributed by atoms with van der Waals surface area (Å²) in [4.78, 5) is 4.60. The van der Waals surface area contributed by atoms with E-state index in [-0.39, 0.29) is 0 Å². The lowest BCUT2D eigenvalue weighted by Gasteiger charge is -2.24. The number of anilines is 1. The van der Waals surface area contributed by atoms with Crippen molar-refractivity contribution in [3.05, 3.63) is 41.2 Å². The zero-order valence-corrected chi connectivity index (χ0v) is 12.4. The predicted molar refractivity (Wildman–Crippen MR) is 81.2 cm³/mol. The number of hydrogen-bond donors (Lipinski definition) is 1. The second-order valence-electron chi connectivity index (χ2n) is 5.72. The highest BCUT2D eigenvalue weighted by molar-refractivity contribution is 5.34. The second-order valence-corrected chi connectivity index (χ2v) is 5.72. The van der Waals surface area contributed by atoms with Crippen LogP contribution in [0.25, 0.3) is 0 Å². The van der Waals surface area contributed by atoms with Gasteiger partial charge in [0.25, 0.3) is 0 Å². The van der Waals surface area contributed by atoms with E-state index in [1.54, 1.807) is 0 Å². The zero-order valence-electron chi connectivity index (χ0n) is 12.4. The molecule has 0 fully saturated rings. The number of fused-ring (bicyclic) bond motifs is 1. The van der Waals surface area contributed by atoms with Crippen molar-refractivity contribution < 1.29 is 0 Å². The van der Waals surface area contributed by atoms with E-state index in [2.05, 4.69) is 60.0 Å². The highest BCUT2D eigenvalue weighted by Gasteiger charge is 2.24. The summed E-state index contributed by atoms with van der Waals surface area (Å²) in [5.74, 6) is 2.19. The third-order valence-electron chi connectivity index (χ3n) is 3.93. The number of aromatic nitrogens is 3. The van der Waals surface area contributed by atoms with Crippen molar-refractivity contribution in [3.8, 4) is 0 Å². The van der Waals surface area contributed by atoms with Gasteiger partial charge < -0.3 is 5.32 Å². The summed E-state index contributed by atoms with van der Waals surface area (Å²) in [6.45, 7) is 7.40. The molecule has 2 aromatic rings. The maximum Gasteiger partial charge on any atom is 0.221 e. The molecular formula is C16H22N4. The first-order chi connectivity index (χ1) is 9.69. The van der Waals surface area contributed by atoms with Crippen LogP contribution < -0.4 is 5.32 Å². The fourth-order valence-electron chi connectivity index (χ4n) is 2.65. The Balaban J connectivity index is 1.95. The molecule has 4 heteroatoms. The van der Waals surface area contributed by atoms with Crippen molar-refractivity contribution in [1.82, 2.24) is 14.8 Å². The Morgan fingerprint density at radius 3 is 2.70 bits per heavy atom. The van der Waals surface area contributed by atoms with Crippen LogP contribution in [0, 0.1) is 0 Å². The summed E-state index contributed by atoms with van der Waals surface area (Å²) >= 11 is 0. The molecule has 3 rings (SSSR count). The molecule has 0 bridgehead atoms. The van der Waals surface area contributed by atoms with Crippen molar-refractivity contribution in [3.63, 3.8) is 0 Å². The van der Waals surface area contributed by atoms with Gasteiger partial charge in [0.05, 0.1) is 6.04 Å². The van der Waals surface area contributed by atoms with Gasteiger partial charge in [0.15, 0.2) is 5.82 Å². The summed E-state index contributed by atoms with van der Waals surface area (Å²) in [7, 11) is 0. The molecule has 4 nitrogen and oxygen atoms in total. The highest BCUT2D eigenvalue weighted by atomic mass is 15.4. The topological polar surface area (TPSA) is 42.7 Å². The summed E-state index contributed by atoms with van der Waals surface area (Å²) in [6, 6.07) is 9.21. The summed E-state index contributed by atoms with van der Waals surface area (Å²) in [5, 5.41) is 8.04. The molecule has 1 aromatic carbocycles. The van der Waals surface area contributed by atoms with Gasteiger partial charge in [0.2, 0.25) is 5.95 Å². The Morgan fingerprint density at radius 1 is 1.30 bits per heavy atom. The Bertz CT molecular complexity index is 583. The molecule has 0 aliphatic carbocycles. The number of rotatable bonds is 3. The minimum absolute atomic E-state index is 0.303. The minimum Gasteiger partial charge on any atom is -0.354 e. The van der Waals surface area contributed by atoms with Gasteiger partial charge in [-0.1, -0.05) is 45.0 Å². The summed E-state index contributed by atoms with van der Waals surface area (Å²) in [6.07, 6.45) is 2.14. The van der Waals surface area contributed by atoms with Crippen LogP contribution in [-0.2, 0) is 6.42 Å². The summed E-state index contributed by atoms with van der Waals surface area (Å²) < 4.78 is 2.06. The molecule has 0 saturated carbocycles. The van der Waals surface area contributed by atoms with E-state index < -0.39 is 0 Å². The monoisotopic (exact) mass is 270 g/mol. The van der Waals surface area contributed by atoms with Crippen LogP contribution in [-0.4, -0.2) is 21.3 Å². The van der Waals surface area contributed by atoms with Gasteiger partial charge in [-0.3, -0.25) is 0 Å². The van der Waals surface area contributed by atoms with E-state index in [0.29, 0.717) is 12.0 Å². The first kappa shape index (κ1) is 13.2. The maximum absolute atomic E-state index is 4.69. The normalized spacial score (nSPS) is 17.9. The standard InChI is InChI=1S/C16H22N4/c1-4-12-5-7-13(8-6-12)14-9-10-17-16-18-15(11(2)3)19-20(14)16/h5-8,11,14H,4,9-10H2,1-3H3,(H,17,18,19). The second kappa shape index (κ2) is 5.27. The number of nitrogens with zero attached hydrogens (tertiary/aromatic N) is 3. The van der Waals surface area contributed by atoms with Crippen molar-refractivity contribution in [2.75, 3.05) is 11.9 Å². The van der Waals surface area contributed by atoms with Crippen LogP contribution >= 0.6 is 0 Å². The lowest BCUT2D eigenvalue weighted by Crippen LogP contribution is -2.24. The highest BCUT2D eigenvalue weighted by Crippen LogP contribution is 2.29. The van der Waals surface area contributed by atoms with Crippen LogP contribution in [0.4, 0.5) is 5.95 Å². The molecule has 1 aromatic heterocycles. The molecule has 0 spiro atoms. The van der Waals surface area contributed by atoms with Crippen LogP contribution in [0.1, 0.15) is 56.1 Å². The Labute approximate surface area is 120 Å². The predicted octanol–water partition coefficient (Wildman–Crippen LogP) is 3.37. The molecule has 1 N–H and O–H groups in total. The smallest absolute Gasteiger partial charge is 0.221 e. The third kappa shape index (κ3) is 2.30. The fraction of sp³-hybridized carbons (Fsp3) is 0.500. The summed E-state index contributed by atoms with van der Waals surface area (Å²) in [5.41, 5.74) is 2.70. The van der Waals surface area contributed by atoms with E-state index in [1.165, 1.54) is 11.1 Å². The van der Waals surface area contributed by atoms with E-state index in [9.17, 15) is 0 Å². The van der Waals surface area contributed by atoms with Gasteiger partial charge in [-0.25, -0.2) is 4.68 Å². The molecule has 20 heavy (non-hydrogen) atoms. The molecule has 106 valence electrons. The lowest BCUT2D eigenvalue weighted by molar-refractivity contribution is 0.475. The van der Waals surface area contributed by atoms with Crippen molar-refractivity contribution in [1.29, 1.82) is 0 Å². The third-order valence-corrected chi connectivity index (χ3v) is 3.93. The van der Waals surface area contributed by atoms with Crippen molar-refractivity contribution in [2.45, 2.75) is 45.6 Å². The van der Waals surface area contributed by atoms with Crippen molar-refractivity contribution in [2.24, 2.45) is 0 Å². The van der Waals surface area contributed by atoms with Gasteiger partial charge in [-0.2, -0.15) is 10.1 Å². The number of benzene rings is 1. The van der Waals surface area contributed by atoms with Gasteiger partial charge in [0, 0.05) is 12.5 Å². The average Bonchev–Trinajstić information content (AvgIpc) is 2.91. The van der Waals surface area contributed by atoms with Crippen LogP contribution in [0.15, 0.2) is 24.3 Å². The first-order valence-corrected chi connectivity index (χ1v) is 7.48. The van der Waals surface area contributed by atoms with E-state index in [1.807, 2.05) is 0 Å². The van der Waals surface area contributed by atoms with E-state index in [4.69, 9.17) is 5.10 Å². The molecule has 1 atom stereocenters. The quantitative estimate of drug-likeness (QED) is 0.930. The Hall–Kier alpha value is -1.84. The molecular weight excluding hydrogens is 248 g/mol. The molecule has 2 heterocycles.